The molecular weight excluding hydrogens is 246 g/mol. The predicted octanol–water partition coefficient (Wildman–Crippen LogP) is 2.01. The molecule has 19 heavy (non-hydrogen) atoms. The van der Waals surface area contributed by atoms with Crippen molar-refractivity contribution in [3.63, 3.8) is 0 Å². The Bertz CT molecular complexity index is 517. The van der Waals surface area contributed by atoms with Gasteiger partial charge in [-0.1, -0.05) is 6.92 Å². The summed E-state index contributed by atoms with van der Waals surface area (Å²) >= 11 is 0. The van der Waals surface area contributed by atoms with Crippen LogP contribution in [0.25, 0.3) is 6.08 Å². The van der Waals surface area contributed by atoms with E-state index >= 15 is 0 Å². The van der Waals surface area contributed by atoms with Gasteiger partial charge in [0.2, 0.25) is 5.91 Å². The van der Waals surface area contributed by atoms with Crippen LogP contribution in [0.1, 0.15) is 37.7 Å². The van der Waals surface area contributed by atoms with Crippen molar-refractivity contribution in [1.29, 1.82) is 0 Å². The lowest BCUT2D eigenvalue weighted by Crippen LogP contribution is -2.37. The van der Waals surface area contributed by atoms with Gasteiger partial charge in [0.1, 0.15) is 17.6 Å². The van der Waals surface area contributed by atoms with Gasteiger partial charge in [-0.05, 0) is 37.5 Å². The number of carbonyl (C=O) groups is 2. The van der Waals surface area contributed by atoms with Crippen LogP contribution in [0, 0.1) is 5.92 Å². The van der Waals surface area contributed by atoms with E-state index in [4.69, 9.17) is 9.52 Å². The van der Waals surface area contributed by atoms with Crippen molar-refractivity contribution >= 4 is 18.0 Å². The van der Waals surface area contributed by atoms with Gasteiger partial charge in [-0.2, -0.15) is 0 Å². The number of carboxylic acids is 1. The van der Waals surface area contributed by atoms with Crippen LogP contribution in [0.5, 0.6) is 0 Å². The van der Waals surface area contributed by atoms with Crippen LogP contribution in [0.15, 0.2) is 22.6 Å². The lowest BCUT2D eigenvalue weighted by Gasteiger charge is -2.05. The standard InChI is InChI=1S/C14H17NO4/c1-8-7-11(8)12-5-3-10(19-12)4-6-13(16)15-9(2)14(17)18/h3-6,8-9,11H,7H2,1-2H3,(H,15,16)(H,17,18)/b6-4+. The van der Waals surface area contributed by atoms with Crippen molar-refractivity contribution in [2.45, 2.75) is 32.2 Å². The monoisotopic (exact) mass is 263 g/mol. The van der Waals surface area contributed by atoms with Crippen molar-refractivity contribution in [2.24, 2.45) is 5.92 Å². The molecule has 0 aromatic carbocycles. The van der Waals surface area contributed by atoms with E-state index in [9.17, 15) is 9.59 Å². The van der Waals surface area contributed by atoms with Crippen LogP contribution < -0.4 is 5.32 Å². The Labute approximate surface area is 111 Å². The van der Waals surface area contributed by atoms with E-state index in [1.165, 1.54) is 13.0 Å². The lowest BCUT2D eigenvalue weighted by atomic mass is 10.3. The second-order valence-corrected chi connectivity index (χ2v) is 4.96. The zero-order chi connectivity index (χ0) is 14.0. The Morgan fingerprint density at radius 3 is 2.79 bits per heavy atom. The maximum Gasteiger partial charge on any atom is 0.325 e. The minimum atomic E-state index is -1.07. The number of carbonyl (C=O) groups excluding carboxylic acids is 1. The predicted molar refractivity (Wildman–Crippen MR) is 69.5 cm³/mol. The number of rotatable bonds is 5. The smallest absolute Gasteiger partial charge is 0.325 e. The molecule has 3 atom stereocenters. The highest BCUT2D eigenvalue weighted by Gasteiger charge is 2.36. The van der Waals surface area contributed by atoms with E-state index in [1.54, 1.807) is 6.08 Å². The highest BCUT2D eigenvalue weighted by Crippen LogP contribution is 2.47. The molecule has 0 radical (unpaired) electrons. The number of amides is 1. The van der Waals surface area contributed by atoms with Gasteiger partial charge in [0.15, 0.2) is 0 Å². The molecule has 5 heteroatoms. The van der Waals surface area contributed by atoms with E-state index in [2.05, 4.69) is 12.2 Å². The first kappa shape index (κ1) is 13.4. The number of hydrogen-bond acceptors (Lipinski definition) is 3. The summed E-state index contributed by atoms with van der Waals surface area (Å²) < 4.78 is 5.60. The largest absolute Gasteiger partial charge is 0.480 e. The molecule has 1 aromatic rings. The second kappa shape index (κ2) is 5.30. The van der Waals surface area contributed by atoms with Crippen molar-refractivity contribution in [3.8, 4) is 0 Å². The van der Waals surface area contributed by atoms with Crippen LogP contribution in [0.3, 0.4) is 0 Å². The maximum absolute atomic E-state index is 11.4. The van der Waals surface area contributed by atoms with Gasteiger partial charge >= 0.3 is 5.97 Å². The van der Waals surface area contributed by atoms with E-state index in [1.807, 2.05) is 12.1 Å². The van der Waals surface area contributed by atoms with E-state index in [0.29, 0.717) is 17.6 Å². The number of hydrogen-bond donors (Lipinski definition) is 2. The molecule has 1 saturated carbocycles. The number of carboxylic acid groups (broad SMARTS) is 1. The molecule has 1 aromatic heterocycles. The van der Waals surface area contributed by atoms with Crippen molar-refractivity contribution < 1.29 is 19.1 Å². The van der Waals surface area contributed by atoms with Gasteiger partial charge < -0.3 is 14.8 Å². The lowest BCUT2D eigenvalue weighted by molar-refractivity contribution is -0.140. The number of furan rings is 1. The molecule has 0 bridgehead atoms. The summed E-state index contributed by atoms with van der Waals surface area (Å²) in [7, 11) is 0. The zero-order valence-electron chi connectivity index (χ0n) is 10.9. The molecule has 1 fully saturated rings. The molecular formula is C14H17NO4. The molecule has 5 nitrogen and oxygen atoms in total. The summed E-state index contributed by atoms with van der Waals surface area (Å²) in [5.41, 5.74) is 0. The molecule has 0 spiro atoms. The van der Waals surface area contributed by atoms with Gasteiger partial charge in [0.25, 0.3) is 0 Å². The van der Waals surface area contributed by atoms with Crippen molar-refractivity contribution in [3.05, 3.63) is 29.7 Å². The summed E-state index contributed by atoms with van der Waals surface area (Å²) in [6, 6.07) is 2.83. The molecule has 0 saturated heterocycles. The first-order valence-corrected chi connectivity index (χ1v) is 6.28. The van der Waals surface area contributed by atoms with Gasteiger partial charge in [-0.25, -0.2) is 0 Å². The van der Waals surface area contributed by atoms with Gasteiger partial charge in [-0.15, -0.1) is 0 Å². The normalized spacial score (nSPS) is 23.3. The SMILES string of the molecule is CC(NC(=O)/C=C/c1ccc(C2CC2C)o1)C(=O)O. The third-order valence-electron chi connectivity index (χ3n) is 3.25. The molecule has 1 amide bonds. The second-order valence-electron chi connectivity index (χ2n) is 4.96. The van der Waals surface area contributed by atoms with Gasteiger partial charge in [0, 0.05) is 12.0 Å². The van der Waals surface area contributed by atoms with Crippen molar-refractivity contribution in [1.82, 2.24) is 5.32 Å². The van der Waals surface area contributed by atoms with Crippen LogP contribution >= 0.6 is 0 Å². The summed E-state index contributed by atoms with van der Waals surface area (Å²) in [4.78, 5) is 22.0. The quantitative estimate of drug-likeness (QED) is 0.796. The fourth-order valence-electron chi connectivity index (χ4n) is 1.86. The Morgan fingerprint density at radius 1 is 1.53 bits per heavy atom. The summed E-state index contributed by atoms with van der Waals surface area (Å²) in [5.74, 6) is 1.21. The molecule has 1 aliphatic rings. The first-order valence-electron chi connectivity index (χ1n) is 6.28. The van der Waals surface area contributed by atoms with Gasteiger partial charge in [0.05, 0.1) is 0 Å². The Kier molecular flexibility index (Phi) is 3.74. The fraction of sp³-hybridized carbons (Fsp3) is 0.429. The van der Waals surface area contributed by atoms with Crippen LogP contribution in [-0.2, 0) is 9.59 Å². The average Bonchev–Trinajstić information content (AvgIpc) is 2.90. The van der Waals surface area contributed by atoms with Crippen LogP contribution in [-0.4, -0.2) is 23.0 Å². The average molecular weight is 263 g/mol. The third kappa shape index (κ3) is 3.47. The topological polar surface area (TPSA) is 79.5 Å². The van der Waals surface area contributed by atoms with E-state index < -0.39 is 17.9 Å². The fourth-order valence-corrected chi connectivity index (χ4v) is 1.86. The minimum absolute atomic E-state index is 0.451. The number of nitrogens with one attached hydrogen (secondary N) is 1. The molecule has 102 valence electrons. The van der Waals surface area contributed by atoms with Crippen LogP contribution in [0.4, 0.5) is 0 Å². The molecule has 1 heterocycles. The summed E-state index contributed by atoms with van der Waals surface area (Å²) in [6.07, 6.45) is 3.96. The zero-order valence-corrected chi connectivity index (χ0v) is 10.9. The Morgan fingerprint density at radius 2 is 2.21 bits per heavy atom. The van der Waals surface area contributed by atoms with Crippen molar-refractivity contribution in [2.75, 3.05) is 0 Å². The Balaban J connectivity index is 1.89. The molecule has 2 rings (SSSR count). The number of aliphatic carboxylic acids is 1. The minimum Gasteiger partial charge on any atom is -0.480 e. The molecule has 2 N–H and O–H groups in total. The summed E-state index contributed by atoms with van der Waals surface area (Å²) in [5, 5.41) is 11.0. The molecule has 1 aliphatic carbocycles. The van der Waals surface area contributed by atoms with E-state index in [0.717, 1.165) is 12.2 Å². The highest BCUT2D eigenvalue weighted by molar-refractivity contribution is 5.93. The maximum atomic E-state index is 11.4. The van der Waals surface area contributed by atoms with Crippen LogP contribution in [0.2, 0.25) is 0 Å². The summed E-state index contributed by atoms with van der Waals surface area (Å²) in [6.45, 7) is 3.58. The van der Waals surface area contributed by atoms with Gasteiger partial charge in [-0.3, -0.25) is 9.59 Å². The molecule has 0 aliphatic heterocycles. The third-order valence-corrected chi connectivity index (χ3v) is 3.25. The highest BCUT2D eigenvalue weighted by atomic mass is 16.4. The van der Waals surface area contributed by atoms with E-state index in [-0.39, 0.29) is 0 Å². The molecule has 3 unspecified atom stereocenters. The Hall–Kier alpha value is -2.04. The first-order chi connectivity index (χ1) is 8.97.